The number of benzene rings is 1. The van der Waals surface area contributed by atoms with Crippen LogP contribution >= 0.6 is 12.4 Å². The molecule has 2 rings (SSSR count). The van der Waals surface area contributed by atoms with E-state index in [0.29, 0.717) is 0 Å². The zero-order valence-corrected chi connectivity index (χ0v) is 10.3. The number of carbonyl (C=O) groups excluding carboxylic acids is 1. The Morgan fingerprint density at radius 2 is 2.00 bits per heavy atom. The number of alkyl halides is 3. The number of hydrogen-bond acceptors (Lipinski definition) is 2. The van der Waals surface area contributed by atoms with Gasteiger partial charge in [-0.1, -0.05) is 6.07 Å². The van der Waals surface area contributed by atoms with Crippen molar-refractivity contribution in [1.29, 1.82) is 0 Å². The van der Waals surface area contributed by atoms with E-state index >= 15 is 0 Å². The van der Waals surface area contributed by atoms with Gasteiger partial charge in [-0.2, -0.15) is 13.2 Å². The molecule has 0 aliphatic carbocycles. The monoisotopic (exact) mass is 299 g/mol. The van der Waals surface area contributed by atoms with Gasteiger partial charge in [-0.05, 0) is 12.1 Å². The van der Waals surface area contributed by atoms with Crippen LogP contribution in [0, 0.1) is 5.82 Å². The van der Waals surface area contributed by atoms with Gasteiger partial charge in [-0.3, -0.25) is 0 Å². The molecule has 1 aliphatic rings. The molecule has 1 atom stereocenters. The summed E-state index contributed by atoms with van der Waals surface area (Å²) in [7, 11) is 0. The number of alkyl carbamates (subject to hydrolysis) is 1. The van der Waals surface area contributed by atoms with Crippen molar-refractivity contribution < 1.29 is 27.1 Å². The summed E-state index contributed by atoms with van der Waals surface area (Å²) in [6.45, 7) is -0.0396. The molecule has 0 radical (unpaired) electrons. The molecular weight excluding hydrogens is 290 g/mol. The van der Waals surface area contributed by atoms with Crippen molar-refractivity contribution in [1.82, 2.24) is 5.32 Å². The van der Waals surface area contributed by atoms with Crippen LogP contribution < -0.4 is 5.32 Å². The van der Waals surface area contributed by atoms with Crippen molar-refractivity contribution in [3.05, 3.63) is 35.1 Å². The van der Waals surface area contributed by atoms with Gasteiger partial charge >= 0.3 is 12.3 Å². The third-order valence-corrected chi connectivity index (χ3v) is 2.64. The van der Waals surface area contributed by atoms with Gasteiger partial charge in [0.05, 0.1) is 18.2 Å². The molecule has 0 saturated carbocycles. The van der Waals surface area contributed by atoms with E-state index in [0.717, 1.165) is 18.2 Å². The molecule has 1 aromatic carbocycles. The fourth-order valence-corrected chi connectivity index (χ4v) is 1.88. The molecule has 0 spiro atoms. The molecular formula is C11H10ClF4NO2. The SMILES string of the molecule is Cl.O=C1N[C@H](c2c(F)cccc2C(F)(F)F)CCO1. The van der Waals surface area contributed by atoms with Crippen LogP contribution in [0.25, 0.3) is 0 Å². The van der Waals surface area contributed by atoms with Gasteiger partial charge in [0.2, 0.25) is 0 Å². The molecule has 1 amide bonds. The maximum atomic E-state index is 13.6. The van der Waals surface area contributed by atoms with E-state index in [1.807, 2.05) is 0 Å². The highest BCUT2D eigenvalue weighted by Crippen LogP contribution is 2.37. The zero-order valence-electron chi connectivity index (χ0n) is 9.46. The molecule has 19 heavy (non-hydrogen) atoms. The molecule has 1 aliphatic heterocycles. The normalized spacial score (nSPS) is 19.2. The van der Waals surface area contributed by atoms with Gasteiger partial charge in [0.25, 0.3) is 0 Å². The lowest BCUT2D eigenvalue weighted by molar-refractivity contribution is -0.138. The Morgan fingerprint density at radius 1 is 1.32 bits per heavy atom. The van der Waals surface area contributed by atoms with Crippen molar-refractivity contribution in [2.75, 3.05) is 6.61 Å². The van der Waals surface area contributed by atoms with Gasteiger partial charge < -0.3 is 10.1 Å². The quantitative estimate of drug-likeness (QED) is 0.807. The predicted molar refractivity (Wildman–Crippen MR) is 60.5 cm³/mol. The number of carbonyl (C=O) groups is 1. The molecule has 0 unspecified atom stereocenters. The average Bonchev–Trinajstić information content (AvgIpc) is 2.27. The van der Waals surface area contributed by atoms with Crippen molar-refractivity contribution in [3.8, 4) is 0 Å². The summed E-state index contributed by atoms with van der Waals surface area (Å²) in [4.78, 5) is 11.0. The first-order valence-electron chi connectivity index (χ1n) is 5.18. The lowest BCUT2D eigenvalue weighted by atomic mass is 9.96. The Kier molecular flexibility index (Phi) is 4.62. The zero-order chi connectivity index (χ0) is 13.3. The Balaban J connectivity index is 0.00000180. The van der Waals surface area contributed by atoms with Crippen LogP contribution in [0.5, 0.6) is 0 Å². The fourth-order valence-electron chi connectivity index (χ4n) is 1.88. The van der Waals surface area contributed by atoms with E-state index in [-0.39, 0.29) is 25.4 Å². The standard InChI is InChI=1S/C11H9F4NO2.ClH/c12-7-3-1-2-6(11(13,14)15)9(7)8-4-5-18-10(17)16-8;/h1-3,8H,4-5H2,(H,16,17);1H/t8-;/m0./s1. The van der Waals surface area contributed by atoms with E-state index < -0.39 is 35.3 Å². The molecule has 106 valence electrons. The van der Waals surface area contributed by atoms with Crippen molar-refractivity contribution in [3.63, 3.8) is 0 Å². The maximum absolute atomic E-state index is 13.6. The van der Waals surface area contributed by atoms with Gasteiger partial charge in [0, 0.05) is 12.0 Å². The minimum absolute atomic E-state index is 0. The van der Waals surface area contributed by atoms with Gasteiger partial charge in [0.1, 0.15) is 5.82 Å². The molecule has 0 bridgehead atoms. The van der Waals surface area contributed by atoms with Gasteiger partial charge in [0.15, 0.2) is 0 Å². The number of nitrogens with one attached hydrogen (secondary N) is 1. The van der Waals surface area contributed by atoms with Crippen molar-refractivity contribution in [2.24, 2.45) is 0 Å². The number of hydrogen-bond donors (Lipinski definition) is 1. The summed E-state index contributed by atoms with van der Waals surface area (Å²) in [6, 6.07) is 1.69. The summed E-state index contributed by atoms with van der Waals surface area (Å²) in [5, 5.41) is 2.18. The highest BCUT2D eigenvalue weighted by atomic mass is 35.5. The largest absolute Gasteiger partial charge is 0.449 e. The minimum Gasteiger partial charge on any atom is -0.449 e. The Labute approximate surface area is 112 Å². The number of cyclic esters (lactones) is 1. The topological polar surface area (TPSA) is 38.3 Å². The van der Waals surface area contributed by atoms with Crippen LogP contribution in [0.15, 0.2) is 18.2 Å². The van der Waals surface area contributed by atoms with Crippen LogP contribution in [0.1, 0.15) is 23.6 Å². The molecule has 1 fully saturated rings. The number of ether oxygens (including phenoxy) is 1. The summed E-state index contributed by atoms with van der Waals surface area (Å²) in [6.07, 6.45) is -5.42. The fraction of sp³-hybridized carbons (Fsp3) is 0.364. The number of amides is 1. The maximum Gasteiger partial charge on any atom is 0.416 e. The molecule has 0 aromatic heterocycles. The van der Waals surface area contributed by atoms with E-state index in [4.69, 9.17) is 0 Å². The highest BCUT2D eigenvalue weighted by Gasteiger charge is 2.38. The molecule has 3 nitrogen and oxygen atoms in total. The lowest BCUT2D eigenvalue weighted by Crippen LogP contribution is -2.36. The first kappa shape index (κ1) is 15.6. The van der Waals surface area contributed by atoms with Crippen molar-refractivity contribution >= 4 is 18.5 Å². The van der Waals surface area contributed by atoms with Crippen LogP contribution in [-0.4, -0.2) is 12.7 Å². The second kappa shape index (κ2) is 5.64. The van der Waals surface area contributed by atoms with Crippen molar-refractivity contribution in [2.45, 2.75) is 18.6 Å². The van der Waals surface area contributed by atoms with E-state index in [9.17, 15) is 22.4 Å². The van der Waals surface area contributed by atoms with Crippen LogP contribution in [0.4, 0.5) is 22.4 Å². The predicted octanol–water partition coefficient (Wildman–Crippen LogP) is 3.44. The number of halogens is 5. The minimum atomic E-state index is -4.67. The smallest absolute Gasteiger partial charge is 0.416 e. The first-order valence-corrected chi connectivity index (χ1v) is 5.18. The molecule has 8 heteroatoms. The number of rotatable bonds is 1. The summed E-state index contributed by atoms with van der Waals surface area (Å²) in [5.74, 6) is -0.989. The van der Waals surface area contributed by atoms with Crippen LogP contribution in [-0.2, 0) is 10.9 Å². The van der Waals surface area contributed by atoms with E-state index in [1.165, 1.54) is 0 Å². The molecule has 1 N–H and O–H groups in total. The first-order chi connectivity index (χ1) is 8.39. The molecule has 1 saturated heterocycles. The Morgan fingerprint density at radius 3 is 2.58 bits per heavy atom. The van der Waals surface area contributed by atoms with Gasteiger partial charge in [-0.25, -0.2) is 9.18 Å². The molecule has 1 heterocycles. The molecule has 1 aromatic rings. The Bertz CT molecular complexity index is 478. The second-order valence-electron chi connectivity index (χ2n) is 3.82. The lowest BCUT2D eigenvalue weighted by Gasteiger charge is -2.26. The van der Waals surface area contributed by atoms with Crippen LogP contribution in [0.2, 0.25) is 0 Å². The third-order valence-electron chi connectivity index (χ3n) is 2.64. The Hall–Kier alpha value is -1.50. The summed E-state index contributed by atoms with van der Waals surface area (Å²) >= 11 is 0. The second-order valence-corrected chi connectivity index (χ2v) is 3.82. The third kappa shape index (κ3) is 3.28. The average molecular weight is 300 g/mol. The summed E-state index contributed by atoms with van der Waals surface area (Å²) in [5.41, 5.74) is -1.61. The van der Waals surface area contributed by atoms with E-state index in [1.54, 1.807) is 0 Å². The van der Waals surface area contributed by atoms with Gasteiger partial charge in [-0.15, -0.1) is 12.4 Å². The van der Waals surface area contributed by atoms with Crippen LogP contribution in [0.3, 0.4) is 0 Å². The summed E-state index contributed by atoms with van der Waals surface area (Å²) < 4.78 is 56.5. The van der Waals surface area contributed by atoms with E-state index in [2.05, 4.69) is 10.1 Å². The highest BCUT2D eigenvalue weighted by molar-refractivity contribution is 5.85.